The zero-order chi connectivity index (χ0) is 25.1. The normalized spacial score (nSPS) is 17.1. The van der Waals surface area contributed by atoms with Crippen LogP contribution in [0, 0.1) is 0 Å². The molecule has 3 heterocycles. The molecule has 0 unspecified atom stereocenters. The Morgan fingerprint density at radius 3 is 2.26 bits per heavy atom. The van der Waals surface area contributed by atoms with Gasteiger partial charge in [-0.05, 0) is 37.5 Å². The molecule has 35 heavy (non-hydrogen) atoms. The van der Waals surface area contributed by atoms with E-state index < -0.39 is 23.8 Å². The number of amides is 2. The number of nitrogens with one attached hydrogen (secondary N) is 2. The summed E-state index contributed by atoms with van der Waals surface area (Å²) in [6.07, 6.45) is 2.98. The number of anilines is 4. The minimum atomic E-state index is -0.975. The maximum absolute atomic E-state index is 13.3. The van der Waals surface area contributed by atoms with Gasteiger partial charge in [0.2, 0.25) is 17.8 Å². The number of nitrogen functional groups attached to an aromatic ring is 1. The van der Waals surface area contributed by atoms with E-state index in [2.05, 4.69) is 20.6 Å². The third kappa shape index (κ3) is 5.00. The summed E-state index contributed by atoms with van der Waals surface area (Å²) >= 11 is 0. The highest BCUT2D eigenvalue weighted by molar-refractivity contribution is 6.06. The van der Waals surface area contributed by atoms with Crippen LogP contribution in [0.2, 0.25) is 0 Å². The highest BCUT2D eigenvalue weighted by Crippen LogP contribution is 2.37. The minimum Gasteiger partial charge on any atom is -0.465 e. The molecule has 2 aromatic rings. The van der Waals surface area contributed by atoms with Crippen molar-refractivity contribution in [2.24, 2.45) is 0 Å². The summed E-state index contributed by atoms with van der Waals surface area (Å²) in [4.78, 5) is 60.7. The summed E-state index contributed by atoms with van der Waals surface area (Å²) in [5.41, 5.74) is 6.80. The Morgan fingerprint density at radius 2 is 1.66 bits per heavy atom. The second-order valence-electron chi connectivity index (χ2n) is 8.30. The lowest BCUT2D eigenvalue weighted by molar-refractivity contribution is -0.123. The lowest BCUT2D eigenvalue weighted by Gasteiger charge is -2.30. The quantitative estimate of drug-likeness (QED) is 0.534. The maximum Gasteiger partial charge on any atom is 0.337 e. The molecular weight excluding hydrogens is 456 g/mol. The van der Waals surface area contributed by atoms with E-state index in [0.29, 0.717) is 11.5 Å². The van der Waals surface area contributed by atoms with Crippen LogP contribution < -0.4 is 21.3 Å². The maximum atomic E-state index is 13.3. The fourth-order valence-corrected chi connectivity index (χ4v) is 4.24. The SMILES string of the molecule is COC(=O)c1cc(NC(=O)[C@@H]2CC(=O)Nc3nc(N4CCCCC4)nc(N)c32)cc(C(=O)OC)c1. The smallest absolute Gasteiger partial charge is 0.337 e. The van der Waals surface area contributed by atoms with Gasteiger partial charge in [0.05, 0.1) is 36.8 Å². The van der Waals surface area contributed by atoms with E-state index in [1.165, 1.54) is 32.4 Å². The van der Waals surface area contributed by atoms with Crippen molar-refractivity contribution in [3.05, 3.63) is 34.9 Å². The molecule has 0 radical (unpaired) electrons. The Hall–Kier alpha value is -4.22. The van der Waals surface area contributed by atoms with Crippen LogP contribution in [0.25, 0.3) is 0 Å². The fraction of sp³-hybridized carbons (Fsp3) is 0.391. The fourth-order valence-electron chi connectivity index (χ4n) is 4.24. The Labute approximate surface area is 201 Å². The number of methoxy groups -OCH3 is 2. The minimum absolute atomic E-state index is 0.0431. The van der Waals surface area contributed by atoms with Crippen LogP contribution in [0.15, 0.2) is 18.2 Å². The number of hydrogen-bond acceptors (Lipinski definition) is 10. The number of esters is 2. The molecule has 0 aliphatic carbocycles. The summed E-state index contributed by atoms with van der Waals surface area (Å²) in [5, 5.41) is 5.35. The number of piperidine rings is 1. The Morgan fingerprint density at radius 1 is 1.03 bits per heavy atom. The second-order valence-corrected chi connectivity index (χ2v) is 8.30. The van der Waals surface area contributed by atoms with E-state index in [-0.39, 0.29) is 40.8 Å². The van der Waals surface area contributed by atoms with Crippen molar-refractivity contribution in [3.8, 4) is 0 Å². The van der Waals surface area contributed by atoms with Crippen molar-refractivity contribution in [1.82, 2.24) is 9.97 Å². The average molecular weight is 482 g/mol. The van der Waals surface area contributed by atoms with Crippen LogP contribution in [0.1, 0.15) is 57.9 Å². The Kier molecular flexibility index (Phi) is 6.80. The Balaban J connectivity index is 1.65. The summed E-state index contributed by atoms with van der Waals surface area (Å²) in [6, 6.07) is 4.02. The monoisotopic (exact) mass is 482 g/mol. The van der Waals surface area contributed by atoms with Crippen LogP contribution in [0.5, 0.6) is 0 Å². The molecule has 0 saturated carbocycles. The van der Waals surface area contributed by atoms with Crippen LogP contribution in [-0.4, -0.2) is 61.0 Å². The third-order valence-electron chi connectivity index (χ3n) is 5.96. The van der Waals surface area contributed by atoms with Crippen molar-refractivity contribution in [2.45, 2.75) is 31.6 Å². The number of ether oxygens (including phenoxy) is 2. The van der Waals surface area contributed by atoms with E-state index >= 15 is 0 Å². The summed E-state index contributed by atoms with van der Waals surface area (Å²) in [7, 11) is 2.40. The molecule has 12 heteroatoms. The van der Waals surface area contributed by atoms with E-state index in [0.717, 1.165) is 32.4 Å². The first-order valence-corrected chi connectivity index (χ1v) is 11.2. The van der Waals surface area contributed by atoms with Gasteiger partial charge >= 0.3 is 11.9 Å². The van der Waals surface area contributed by atoms with Gasteiger partial charge < -0.3 is 30.7 Å². The predicted octanol–water partition coefficient (Wildman–Crippen LogP) is 1.69. The van der Waals surface area contributed by atoms with Gasteiger partial charge in [0.1, 0.15) is 11.6 Å². The Bertz CT molecular complexity index is 1160. The molecule has 184 valence electrons. The molecule has 1 aromatic heterocycles. The first kappa shape index (κ1) is 23.9. The average Bonchev–Trinajstić information content (AvgIpc) is 2.87. The predicted molar refractivity (Wildman–Crippen MR) is 126 cm³/mol. The molecule has 4 rings (SSSR count). The van der Waals surface area contributed by atoms with Gasteiger partial charge in [0.25, 0.3) is 0 Å². The topological polar surface area (TPSA) is 166 Å². The van der Waals surface area contributed by atoms with Gasteiger partial charge in [-0.1, -0.05) is 0 Å². The molecule has 1 aromatic carbocycles. The van der Waals surface area contributed by atoms with Crippen molar-refractivity contribution in [1.29, 1.82) is 0 Å². The number of nitrogens with zero attached hydrogens (tertiary/aromatic N) is 3. The van der Waals surface area contributed by atoms with Crippen LogP contribution >= 0.6 is 0 Å². The molecule has 4 N–H and O–H groups in total. The molecule has 12 nitrogen and oxygen atoms in total. The van der Waals surface area contributed by atoms with Crippen molar-refractivity contribution >= 4 is 47.0 Å². The van der Waals surface area contributed by atoms with Crippen LogP contribution in [0.3, 0.4) is 0 Å². The number of rotatable bonds is 5. The number of fused-ring (bicyclic) bond motifs is 1. The lowest BCUT2D eigenvalue weighted by atomic mass is 9.91. The third-order valence-corrected chi connectivity index (χ3v) is 5.96. The van der Waals surface area contributed by atoms with Gasteiger partial charge in [-0.3, -0.25) is 9.59 Å². The van der Waals surface area contributed by atoms with E-state index in [1.54, 1.807) is 0 Å². The number of hydrogen-bond donors (Lipinski definition) is 3. The molecule has 0 spiro atoms. The summed E-state index contributed by atoms with van der Waals surface area (Å²) in [6.45, 7) is 1.57. The molecule has 2 aliphatic rings. The highest BCUT2D eigenvalue weighted by atomic mass is 16.5. The van der Waals surface area contributed by atoms with Gasteiger partial charge in [0.15, 0.2) is 0 Å². The highest BCUT2D eigenvalue weighted by Gasteiger charge is 2.35. The number of benzene rings is 1. The van der Waals surface area contributed by atoms with Gasteiger partial charge in [-0.15, -0.1) is 0 Å². The van der Waals surface area contributed by atoms with E-state index in [1.807, 2.05) is 4.90 Å². The number of aromatic nitrogens is 2. The second kappa shape index (κ2) is 9.95. The zero-order valence-corrected chi connectivity index (χ0v) is 19.4. The van der Waals surface area contributed by atoms with E-state index in [4.69, 9.17) is 15.2 Å². The molecular formula is C23H26N6O6. The lowest BCUT2D eigenvalue weighted by Crippen LogP contribution is -2.35. The van der Waals surface area contributed by atoms with Gasteiger partial charge in [-0.25, -0.2) is 9.59 Å². The largest absolute Gasteiger partial charge is 0.465 e. The first-order valence-electron chi connectivity index (χ1n) is 11.2. The zero-order valence-electron chi connectivity index (χ0n) is 19.4. The van der Waals surface area contributed by atoms with Gasteiger partial charge in [-0.2, -0.15) is 9.97 Å². The molecule has 0 bridgehead atoms. The summed E-state index contributed by atoms with van der Waals surface area (Å²) in [5.74, 6) is -2.61. The number of nitrogens with two attached hydrogens (primary N) is 1. The van der Waals surface area contributed by atoms with Crippen LogP contribution in [-0.2, 0) is 19.1 Å². The number of carbonyl (C=O) groups excluding carboxylic acids is 4. The molecule has 1 saturated heterocycles. The van der Waals surface area contributed by atoms with Crippen molar-refractivity contribution in [3.63, 3.8) is 0 Å². The van der Waals surface area contributed by atoms with E-state index in [9.17, 15) is 19.2 Å². The molecule has 2 amide bonds. The molecule has 2 aliphatic heterocycles. The van der Waals surface area contributed by atoms with Crippen LogP contribution in [0.4, 0.5) is 23.3 Å². The molecule has 1 fully saturated rings. The first-order chi connectivity index (χ1) is 16.8. The van der Waals surface area contributed by atoms with Crippen molar-refractivity contribution in [2.75, 3.05) is 48.6 Å². The summed E-state index contributed by atoms with van der Waals surface area (Å²) < 4.78 is 9.45. The number of carbonyl (C=O) groups is 4. The standard InChI is InChI=1S/C23H26N6O6/c1-34-21(32)12-8-13(22(33)35-2)10-14(9-12)25-20(31)15-11-16(30)26-19-17(15)18(24)27-23(28-19)29-6-4-3-5-7-29/h8-10,15H,3-7,11H2,1-2H3,(H,25,31)(H3,24,26,27,28,30)/t15-/m1/s1. The molecule has 1 atom stereocenters. The van der Waals surface area contributed by atoms with Crippen molar-refractivity contribution < 1.29 is 28.7 Å². The van der Waals surface area contributed by atoms with Gasteiger partial charge in [0, 0.05) is 25.2 Å².